The third kappa shape index (κ3) is 5.86. The summed E-state index contributed by atoms with van der Waals surface area (Å²) in [5.74, 6) is 1.67. The lowest BCUT2D eigenvalue weighted by Gasteiger charge is -2.18. The van der Waals surface area contributed by atoms with Crippen molar-refractivity contribution < 1.29 is 0 Å². The van der Waals surface area contributed by atoms with E-state index in [1.165, 1.54) is 19.3 Å². The Labute approximate surface area is 157 Å². The second-order valence-electron chi connectivity index (χ2n) is 6.83. The van der Waals surface area contributed by atoms with Crippen LogP contribution in [0, 0.1) is 13.8 Å². The summed E-state index contributed by atoms with van der Waals surface area (Å²) < 4.78 is 1.87. The van der Waals surface area contributed by atoms with Crippen molar-refractivity contribution in [2.75, 3.05) is 7.05 Å². The average Bonchev–Trinajstić information content (AvgIpc) is 2.97. The van der Waals surface area contributed by atoms with Gasteiger partial charge < -0.3 is 10.6 Å². The number of aromatic nitrogens is 3. The lowest BCUT2D eigenvalue weighted by Crippen LogP contribution is -2.41. The number of hydrogen-bond acceptors (Lipinski definition) is 3. The first kappa shape index (κ1) is 19.9. The zero-order valence-electron chi connectivity index (χ0n) is 16.7. The quantitative estimate of drug-likeness (QED) is 0.431. The van der Waals surface area contributed by atoms with Crippen LogP contribution in [0.1, 0.15) is 56.5 Å². The summed E-state index contributed by atoms with van der Waals surface area (Å²) >= 11 is 0. The molecule has 0 amide bonds. The molecule has 142 valence electrons. The summed E-state index contributed by atoms with van der Waals surface area (Å²) in [6.45, 7) is 9.14. The molecule has 6 heteroatoms. The monoisotopic (exact) mass is 356 g/mol. The Hall–Kier alpha value is -2.37. The highest BCUT2D eigenvalue weighted by molar-refractivity contribution is 5.79. The maximum Gasteiger partial charge on any atom is 0.191 e. The van der Waals surface area contributed by atoms with E-state index in [2.05, 4.69) is 51.7 Å². The first-order valence-electron chi connectivity index (χ1n) is 9.49. The minimum absolute atomic E-state index is 0.416. The Morgan fingerprint density at radius 2 is 2.08 bits per heavy atom. The van der Waals surface area contributed by atoms with Gasteiger partial charge in [0.05, 0.1) is 5.69 Å². The predicted octanol–water partition coefficient (Wildman–Crippen LogP) is 3.52. The van der Waals surface area contributed by atoms with Crippen molar-refractivity contribution in [3.05, 3.63) is 41.3 Å². The van der Waals surface area contributed by atoms with Gasteiger partial charge in [-0.3, -0.25) is 4.99 Å². The molecule has 0 saturated carbocycles. The summed E-state index contributed by atoms with van der Waals surface area (Å²) in [7, 11) is 1.80. The third-order valence-electron chi connectivity index (χ3n) is 4.34. The normalized spacial score (nSPS) is 12.9. The smallest absolute Gasteiger partial charge is 0.191 e. The summed E-state index contributed by atoms with van der Waals surface area (Å²) in [5, 5.41) is 11.3. The minimum atomic E-state index is 0.416. The molecule has 0 spiro atoms. The Balaban J connectivity index is 1.87. The van der Waals surface area contributed by atoms with Gasteiger partial charge in [-0.2, -0.15) is 5.10 Å². The molecule has 0 aliphatic rings. The van der Waals surface area contributed by atoms with Crippen LogP contribution in [0.25, 0.3) is 5.82 Å². The van der Waals surface area contributed by atoms with Crippen molar-refractivity contribution >= 4 is 5.96 Å². The minimum Gasteiger partial charge on any atom is -0.354 e. The molecule has 1 unspecified atom stereocenters. The van der Waals surface area contributed by atoms with Gasteiger partial charge in [0.25, 0.3) is 0 Å². The highest BCUT2D eigenvalue weighted by Gasteiger charge is 2.07. The van der Waals surface area contributed by atoms with E-state index < -0.39 is 0 Å². The molecule has 0 aliphatic heterocycles. The Kier molecular flexibility index (Phi) is 7.63. The van der Waals surface area contributed by atoms with Crippen LogP contribution in [-0.4, -0.2) is 33.8 Å². The van der Waals surface area contributed by atoms with Crippen molar-refractivity contribution in [2.45, 2.75) is 66.0 Å². The fourth-order valence-electron chi connectivity index (χ4n) is 2.89. The average molecular weight is 357 g/mol. The first-order chi connectivity index (χ1) is 12.5. The predicted molar refractivity (Wildman–Crippen MR) is 108 cm³/mol. The topological polar surface area (TPSA) is 67.1 Å². The lowest BCUT2D eigenvalue weighted by molar-refractivity contribution is 0.546. The molecule has 0 fully saturated rings. The molecule has 0 aromatic carbocycles. The number of hydrogen-bond donors (Lipinski definition) is 2. The van der Waals surface area contributed by atoms with Gasteiger partial charge in [-0.1, -0.05) is 32.3 Å². The lowest BCUT2D eigenvalue weighted by atomic mass is 10.1. The molecule has 26 heavy (non-hydrogen) atoms. The van der Waals surface area contributed by atoms with E-state index in [4.69, 9.17) is 0 Å². The number of rotatable bonds is 8. The third-order valence-corrected chi connectivity index (χ3v) is 4.34. The van der Waals surface area contributed by atoms with Crippen molar-refractivity contribution in [3.63, 3.8) is 0 Å². The molecule has 2 aromatic heterocycles. The van der Waals surface area contributed by atoms with Crippen LogP contribution in [0.2, 0.25) is 0 Å². The van der Waals surface area contributed by atoms with E-state index in [1.807, 2.05) is 30.8 Å². The van der Waals surface area contributed by atoms with Crippen LogP contribution in [0.5, 0.6) is 0 Å². The van der Waals surface area contributed by atoms with E-state index in [0.29, 0.717) is 12.6 Å². The maximum absolute atomic E-state index is 4.54. The molecule has 0 bridgehead atoms. The number of guanidine groups is 1. The molecule has 2 rings (SSSR count). The van der Waals surface area contributed by atoms with Gasteiger partial charge in [0.2, 0.25) is 0 Å². The molecular formula is C20H32N6. The van der Waals surface area contributed by atoms with Crippen molar-refractivity contribution in [3.8, 4) is 5.82 Å². The van der Waals surface area contributed by atoms with Crippen LogP contribution in [0.3, 0.4) is 0 Å². The van der Waals surface area contributed by atoms with Crippen LogP contribution >= 0.6 is 0 Å². The summed E-state index contributed by atoms with van der Waals surface area (Å²) in [4.78, 5) is 8.85. The number of unbranched alkanes of at least 4 members (excludes halogenated alkanes) is 2. The molecule has 2 aromatic rings. The van der Waals surface area contributed by atoms with Gasteiger partial charge in [-0.25, -0.2) is 9.67 Å². The van der Waals surface area contributed by atoms with E-state index in [0.717, 1.165) is 35.1 Å². The Morgan fingerprint density at radius 3 is 2.65 bits per heavy atom. The van der Waals surface area contributed by atoms with Crippen LogP contribution in [-0.2, 0) is 6.54 Å². The van der Waals surface area contributed by atoms with Gasteiger partial charge >= 0.3 is 0 Å². The van der Waals surface area contributed by atoms with Gasteiger partial charge in [0.15, 0.2) is 11.8 Å². The highest BCUT2D eigenvalue weighted by Crippen LogP contribution is 2.10. The second-order valence-corrected chi connectivity index (χ2v) is 6.83. The van der Waals surface area contributed by atoms with Crippen LogP contribution in [0.15, 0.2) is 29.4 Å². The van der Waals surface area contributed by atoms with Crippen molar-refractivity contribution in [2.24, 2.45) is 4.99 Å². The summed E-state index contributed by atoms with van der Waals surface area (Å²) in [6, 6.07) is 6.54. The number of aliphatic imine (C=N–C) groups is 1. The van der Waals surface area contributed by atoms with Crippen LogP contribution in [0.4, 0.5) is 0 Å². The fourth-order valence-corrected chi connectivity index (χ4v) is 2.89. The molecule has 6 nitrogen and oxygen atoms in total. The van der Waals surface area contributed by atoms with E-state index in [9.17, 15) is 0 Å². The maximum atomic E-state index is 4.54. The highest BCUT2D eigenvalue weighted by atomic mass is 15.3. The van der Waals surface area contributed by atoms with Crippen LogP contribution < -0.4 is 10.6 Å². The molecule has 0 radical (unpaired) electrons. The van der Waals surface area contributed by atoms with Gasteiger partial charge in [0.1, 0.15) is 0 Å². The second kappa shape index (κ2) is 9.94. The Morgan fingerprint density at radius 1 is 1.27 bits per heavy atom. The zero-order valence-corrected chi connectivity index (χ0v) is 16.7. The molecular weight excluding hydrogens is 324 g/mol. The molecule has 2 N–H and O–H groups in total. The van der Waals surface area contributed by atoms with Gasteiger partial charge in [0, 0.05) is 31.5 Å². The van der Waals surface area contributed by atoms with Gasteiger partial charge in [-0.05, 0) is 44.9 Å². The number of nitrogens with zero attached hydrogens (tertiary/aromatic N) is 4. The van der Waals surface area contributed by atoms with Crippen molar-refractivity contribution in [1.82, 2.24) is 25.4 Å². The SMILES string of the molecule is CCCCCC(C)NC(=NC)NCc1ccc(-n2nc(C)cc2C)nc1. The first-order valence-corrected chi connectivity index (χ1v) is 9.49. The fraction of sp³-hybridized carbons (Fsp3) is 0.550. The van der Waals surface area contributed by atoms with E-state index >= 15 is 0 Å². The van der Waals surface area contributed by atoms with Crippen molar-refractivity contribution in [1.29, 1.82) is 0 Å². The largest absolute Gasteiger partial charge is 0.354 e. The molecule has 0 aliphatic carbocycles. The summed E-state index contributed by atoms with van der Waals surface area (Å²) in [5.41, 5.74) is 3.19. The summed E-state index contributed by atoms with van der Waals surface area (Å²) in [6.07, 6.45) is 6.83. The zero-order chi connectivity index (χ0) is 18.9. The molecule has 2 heterocycles. The standard InChI is InChI=1S/C20H32N6/c1-6-7-8-9-15(2)24-20(21-5)23-14-18-10-11-19(22-13-18)26-17(4)12-16(3)25-26/h10-13,15H,6-9,14H2,1-5H3,(H2,21,23,24). The van der Waals surface area contributed by atoms with E-state index in [1.54, 1.807) is 7.05 Å². The van der Waals surface area contributed by atoms with Gasteiger partial charge in [-0.15, -0.1) is 0 Å². The number of aryl methyl sites for hydroxylation is 2. The number of nitrogens with one attached hydrogen (secondary N) is 2. The van der Waals surface area contributed by atoms with E-state index in [-0.39, 0.29) is 0 Å². The number of pyridine rings is 1. The Bertz CT molecular complexity index is 702. The molecule has 0 saturated heterocycles. The molecule has 1 atom stereocenters.